The SMILES string of the molecule is COCCn1ncc2c(C(=O)O)cccc21. The maximum absolute atomic E-state index is 11.0. The summed E-state index contributed by atoms with van der Waals surface area (Å²) in [5.41, 5.74) is 1.10. The molecule has 0 aliphatic heterocycles. The Morgan fingerprint density at radius 3 is 3.06 bits per heavy atom. The van der Waals surface area contributed by atoms with Crippen LogP contribution in [0.3, 0.4) is 0 Å². The van der Waals surface area contributed by atoms with Crippen LogP contribution in [0.2, 0.25) is 0 Å². The molecule has 0 unspecified atom stereocenters. The summed E-state index contributed by atoms with van der Waals surface area (Å²) in [7, 11) is 1.62. The van der Waals surface area contributed by atoms with Crippen LogP contribution in [0.15, 0.2) is 24.4 Å². The summed E-state index contributed by atoms with van der Waals surface area (Å²) in [5, 5.41) is 13.8. The van der Waals surface area contributed by atoms with Gasteiger partial charge in [-0.2, -0.15) is 5.10 Å². The molecular weight excluding hydrogens is 208 g/mol. The fourth-order valence-electron chi connectivity index (χ4n) is 1.65. The Hall–Kier alpha value is -1.88. The Labute approximate surface area is 92.2 Å². The molecule has 1 heterocycles. The Morgan fingerprint density at radius 2 is 2.38 bits per heavy atom. The molecule has 84 valence electrons. The second-order valence-corrected chi connectivity index (χ2v) is 3.40. The molecule has 0 fully saturated rings. The molecule has 2 aromatic rings. The summed E-state index contributed by atoms with van der Waals surface area (Å²) in [6, 6.07) is 5.15. The highest BCUT2D eigenvalue weighted by Crippen LogP contribution is 2.18. The summed E-state index contributed by atoms with van der Waals surface area (Å²) in [6.45, 7) is 1.16. The van der Waals surface area contributed by atoms with Gasteiger partial charge in [-0.25, -0.2) is 4.79 Å². The number of aromatic carboxylic acids is 1. The highest BCUT2D eigenvalue weighted by Gasteiger charge is 2.11. The van der Waals surface area contributed by atoms with E-state index in [1.165, 1.54) is 0 Å². The van der Waals surface area contributed by atoms with Gasteiger partial charge in [-0.15, -0.1) is 0 Å². The molecule has 0 aliphatic carbocycles. The number of fused-ring (bicyclic) bond motifs is 1. The normalized spacial score (nSPS) is 10.8. The van der Waals surface area contributed by atoms with E-state index in [2.05, 4.69) is 5.10 Å². The zero-order valence-electron chi connectivity index (χ0n) is 8.88. The lowest BCUT2D eigenvalue weighted by atomic mass is 10.1. The van der Waals surface area contributed by atoms with Crippen molar-refractivity contribution in [1.82, 2.24) is 9.78 Å². The molecule has 5 nitrogen and oxygen atoms in total. The molecule has 0 aliphatic rings. The van der Waals surface area contributed by atoms with Crippen molar-refractivity contribution in [2.24, 2.45) is 0 Å². The smallest absolute Gasteiger partial charge is 0.336 e. The lowest BCUT2D eigenvalue weighted by molar-refractivity contribution is 0.0699. The molecule has 0 radical (unpaired) electrons. The van der Waals surface area contributed by atoms with Crippen molar-refractivity contribution in [3.8, 4) is 0 Å². The van der Waals surface area contributed by atoms with E-state index in [1.807, 2.05) is 6.07 Å². The Balaban J connectivity index is 2.48. The van der Waals surface area contributed by atoms with Crippen LogP contribution in [0, 0.1) is 0 Å². The summed E-state index contributed by atoms with van der Waals surface area (Å²) in [6.07, 6.45) is 1.58. The van der Waals surface area contributed by atoms with Gasteiger partial charge >= 0.3 is 5.97 Å². The Morgan fingerprint density at radius 1 is 1.56 bits per heavy atom. The van der Waals surface area contributed by atoms with Crippen LogP contribution < -0.4 is 0 Å². The van der Waals surface area contributed by atoms with Gasteiger partial charge < -0.3 is 9.84 Å². The minimum absolute atomic E-state index is 0.279. The molecular formula is C11H12N2O3. The third-order valence-electron chi connectivity index (χ3n) is 2.43. The Bertz CT molecular complexity index is 519. The number of benzene rings is 1. The van der Waals surface area contributed by atoms with Gasteiger partial charge in [-0.05, 0) is 12.1 Å². The van der Waals surface area contributed by atoms with E-state index >= 15 is 0 Å². The highest BCUT2D eigenvalue weighted by molar-refractivity contribution is 6.02. The first-order valence-corrected chi connectivity index (χ1v) is 4.91. The molecule has 1 aromatic carbocycles. The fourth-order valence-corrected chi connectivity index (χ4v) is 1.65. The lowest BCUT2D eigenvalue weighted by Gasteiger charge is -2.02. The number of carboxylic acids is 1. The second kappa shape index (κ2) is 4.32. The number of ether oxygens (including phenoxy) is 1. The van der Waals surface area contributed by atoms with Crippen LogP contribution in [0.4, 0.5) is 0 Å². The minimum atomic E-state index is -0.933. The van der Waals surface area contributed by atoms with Crippen molar-refractivity contribution in [3.63, 3.8) is 0 Å². The number of nitrogens with zero attached hydrogens (tertiary/aromatic N) is 2. The van der Waals surface area contributed by atoms with Crippen LogP contribution in [-0.4, -0.2) is 34.6 Å². The van der Waals surface area contributed by atoms with Gasteiger partial charge in [0.25, 0.3) is 0 Å². The first kappa shape index (κ1) is 10.6. The standard InChI is InChI=1S/C11H12N2O3/c1-16-6-5-13-10-4-2-3-8(11(14)15)9(10)7-12-13/h2-4,7H,5-6H2,1H3,(H,14,15). The molecule has 0 saturated carbocycles. The predicted octanol–water partition coefficient (Wildman–Crippen LogP) is 1.38. The van der Waals surface area contributed by atoms with Crippen LogP contribution in [-0.2, 0) is 11.3 Å². The molecule has 1 N–H and O–H groups in total. The molecule has 1 aromatic heterocycles. The van der Waals surface area contributed by atoms with Crippen molar-refractivity contribution in [2.45, 2.75) is 6.54 Å². The third kappa shape index (κ3) is 1.77. The number of carbonyl (C=O) groups is 1. The largest absolute Gasteiger partial charge is 0.478 e. The number of hydrogen-bond acceptors (Lipinski definition) is 3. The number of aromatic nitrogens is 2. The van der Waals surface area contributed by atoms with Crippen LogP contribution in [0.5, 0.6) is 0 Å². The average Bonchev–Trinajstić information content (AvgIpc) is 2.69. The van der Waals surface area contributed by atoms with Crippen molar-refractivity contribution in [3.05, 3.63) is 30.0 Å². The predicted molar refractivity (Wildman–Crippen MR) is 58.6 cm³/mol. The first-order valence-electron chi connectivity index (χ1n) is 4.91. The van der Waals surface area contributed by atoms with Crippen molar-refractivity contribution >= 4 is 16.9 Å². The molecule has 2 rings (SSSR count). The molecule has 5 heteroatoms. The zero-order valence-corrected chi connectivity index (χ0v) is 8.88. The monoisotopic (exact) mass is 220 g/mol. The maximum Gasteiger partial charge on any atom is 0.336 e. The van der Waals surface area contributed by atoms with E-state index in [9.17, 15) is 4.79 Å². The number of hydrogen-bond donors (Lipinski definition) is 1. The molecule has 0 bridgehead atoms. The Kier molecular flexibility index (Phi) is 2.87. The summed E-state index contributed by atoms with van der Waals surface area (Å²) in [4.78, 5) is 11.0. The number of methoxy groups -OCH3 is 1. The van der Waals surface area contributed by atoms with E-state index < -0.39 is 5.97 Å². The summed E-state index contributed by atoms with van der Waals surface area (Å²) >= 11 is 0. The van der Waals surface area contributed by atoms with Gasteiger partial charge in [0.15, 0.2) is 0 Å². The molecule has 0 atom stereocenters. The van der Waals surface area contributed by atoms with E-state index in [-0.39, 0.29) is 5.56 Å². The van der Waals surface area contributed by atoms with Gasteiger partial charge in [0.05, 0.1) is 30.4 Å². The van der Waals surface area contributed by atoms with E-state index in [1.54, 1.807) is 30.1 Å². The van der Waals surface area contributed by atoms with E-state index in [0.717, 1.165) is 5.52 Å². The maximum atomic E-state index is 11.0. The third-order valence-corrected chi connectivity index (χ3v) is 2.43. The van der Waals surface area contributed by atoms with Crippen LogP contribution in [0.25, 0.3) is 10.9 Å². The van der Waals surface area contributed by atoms with Crippen LogP contribution >= 0.6 is 0 Å². The summed E-state index contributed by atoms with van der Waals surface area (Å²) < 4.78 is 6.71. The molecule has 16 heavy (non-hydrogen) atoms. The molecule has 0 spiro atoms. The topological polar surface area (TPSA) is 64.4 Å². The van der Waals surface area contributed by atoms with Gasteiger partial charge in [-0.1, -0.05) is 6.07 Å². The van der Waals surface area contributed by atoms with E-state index in [0.29, 0.717) is 18.5 Å². The number of carboxylic acid groups (broad SMARTS) is 1. The van der Waals surface area contributed by atoms with Gasteiger partial charge in [0.1, 0.15) is 0 Å². The van der Waals surface area contributed by atoms with Crippen LogP contribution in [0.1, 0.15) is 10.4 Å². The minimum Gasteiger partial charge on any atom is -0.478 e. The highest BCUT2D eigenvalue weighted by atomic mass is 16.5. The number of rotatable bonds is 4. The second-order valence-electron chi connectivity index (χ2n) is 3.40. The van der Waals surface area contributed by atoms with Gasteiger partial charge in [-0.3, -0.25) is 4.68 Å². The lowest BCUT2D eigenvalue weighted by Crippen LogP contribution is -2.05. The van der Waals surface area contributed by atoms with E-state index in [4.69, 9.17) is 9.84 Å². The van der Waals surface area contributed by atoms with Crippen molar-refractivity contribution in [1.29, 1.82) is 0 Å². The molecule has 0 saturated heterocycles. The first-order chi connectivity index (χ1) is 7.74. The van der Waals surface area contributed by atoms with Gasteiger partial charge in [0.2, 0.25) is 0 Å². The quantitative estimate of drug-likeness (QED) is 0.845. The average molecular weight is 220 g/mol. The fraction of sp³-hybridized carbons (Fsp3) is 0.273. The summed E-state index contributed by atoms with van der Waals surface area (Å²) in [5.74, 6) is -0.933. The molecule has 0 amide bonds. The van der Waals surface area contributed by atoms with Crippen molar-refractivity contribution < 1.29 is 14.6 Å². The van der Waals surface area contributed by atoms with Crippen molar-refractivity contribution in [2.75, 3.05) is 13.7 Å². The zero-order chi connectivity index (χ0) is 11.5. The van der Waals surface area contributed by atoms with Gasteiger partial charge in [0, 0.05) is 12.5 Å².